The maximum atomic E-state index is 12.5. The van der Waals surface area contributed by atoms with Crippen molar-refractivity contribution in [1.29, 1.82) is 0 Å². The molecule has 1 N–H and O–H groups in total. The standard InChI is InChI=1S/C15H13NOS/c1-9-3-5-11(6-4-9)14(17)12-7-16-15-13(12)10(2)8-18-15/h3-8,16H,1-2H3. The molecule has 0 aliphatic heterocycles. The van der Waals surface area contributed by atoms with Gasteiger partial charge >= 0.3 is 0 Å². The molecule has 0 aliphatic rings. The van der Waals surface area contributed by atoms with Crippen LogP contribution in [-0.2, 0) is 0 Å². The number of H-pyrrole nitrogens is 1. The van der Waals surface area contributed by atoms with Crippen molar-refractivity contribution in [1.82, 2.24) is 4.98 Å². The predicted octanol–water partition coefficient (Wildman–Crippen LogP) is 4.08. The summed E-state index contributed by atoms with van der Waals surface area (Å²) >= 11 is 1.64. The molecule has 0 spiro atoms. The molecule has 3 heteroatoms. The second-order valence-electron chi connectivity index (χ2n) is 4.52. The van der Waals surface area contributed by atoms with Gasteiger partial charge in [0.2, 0.25) is 0 Å². The number of nitrogens with one attached hydrogen (secondary N) is 1. The van der Waals surface area contributed by atoms with E-state index in [2.05, 4.69) is 10.4 Å². The molecule has 0 aliphatic carbocycles. The van der Waals surface area contributed by atoms with E-state index < -0.39 is 0 Å². The van der Waals surface area contributed by atoms with Gasteiger partial charge in [-0.1, -0.05) is 29.8 Å². The van der Waals surface area contributed by atoms with Crippen LogP contribution in [0.15, 0.2) is 35.8 Å². The molecular formula is C15H13NOS. The Morgan fingerprint density at radius 1 is 1.17 bits per heavy atom. The van der Waals surface area contributed by atoms with Crippen LogP contribution in [0, 0.1) is 13.8 Å². The van der Waals surface area contributed by atoms with E-state index in [1.54, 1.807) is 11.3 Å². The highest BCUT2D eigenvalue weighted by atomic mass is 32.1. The van der Waals surface area contributed by atoms with Crippen molar-refractivity contribution in [2.24, 2.45) is 0 Å². The van der Waals surface area contributed by atoms with E-state index in [-0.39, 0.29) is 5.78 Å². The first-order valence-corrected chi connectivity index (χ1v) is 6.71. The topological polar surface area (TPSA) is 32.9 Å². The zero-order valence-electron chi connectivity index (χ0n) is 10.3. The van der Waals surface area contributed by atoms with E-state index in [0.29, 0.717) is 0 Å². The minimum Gasteiger partial charge on any atom is -0.352 e. The quantitative estimate of drug-likeness (QED) is 0.688. The molecule has 0 bridgehead atoms. The van der Waals surface area contributed by atoms with E-state index >= 15 is 0 Å². The van der Waals surface area contributed by atoms with Crippen LogP contribution in [0.2, 0.25) is 0 Å². The maximum absolute atomic E-state index is 12.5. The smallest absolute Gasteiger partial charge is 0.195 e. The number of carbonyl (C=O) groups is 1. The third kappa shape index (κ3) is 1.68. The summed E-state index contributed by atoms with van der Waals surface area (Å²) in [7, 11) is 0. The number of rotatable bonds is 2. The van der Waals surface area contributed by atoms with Gasteiger partial charge in [0.15, 0.2) is 5.78 Å². The molecular weight excluding hydrogens is 242 g/mol. The van der Waals surface area contributed by atoms with E-state index in [1.165, 1.54) is 0 Å². The lowest BCUT2D eigenvalue weighted by Crippen LogP contribution is -2.00. The highest BCUT2D eigenvalue weighted by Crippen LogP contribution is 2.29. The Hall–Kier alpha value is -1.87. The first-order chi connectivity index (χ1) is 8.66. The van der Waals surface area contributed by atoms with E-state index in [0.717, 1.165) is 32.5 Å². The lowest BCUT2D eigenvalue weighted by Gasteiger charge is -2.00. The van der Waals surface area contributed by atoms with Gasteiger partial charge < -0.3 is 4.98 Å². The number of ketones is 1. The molecule has 2 nitrogen and oxygen atoms in total. The van der Waals surface area contributed by atoms with Crippen LogP contribution in [0.4, 0.5) is 0 Å². The fourth-order valence-corrected chi connectivity index (χ4v) is 3.06. The third-order valence-electron chi connectivity index (χ3n) is 3.15. The third-order valence-corrected chi connectivity index (χ3v) is 4.18. The zero-order valence-corrected chi connectivity index (χ0v) is 11.1. The first-order valence-electron chi connectivity index (χ1n) is 5.83. The van der Waals surface area contributed by atoms with E-state index in [1.807, 2.05) is 44.3 Å². The Balaban J connectivity index is 2.11. The number of thiophene rings is 1. The number of aromatic nitrogens is 1. The molecule has 0 amide bonds. The first kappa shape index (κ1) is 11.2. The van der Waals surface area contributed by atoms with Crippen molar-refractivity contribution in [3.8, 4) is 0 Å². The van der Waals surface area contributed by atoms with Gasteiger partial charge in [-0.2, -0.15) is 0 Å². The van der Waals surface area contributed by atoms with Crippen LogP contribution in [0.3, 0.4) is 0 Å². The number of hydrogen-bond donors (Lipinski definition) is 1. The summed E-state index contributed by atoms with van der Waals surface area (Å²) in [6.45, 7) is 4.06. The second-order valence-corrected chi connectivity index (χ2v) is 5.40. The number of hydrogen-bond acceptors (Lipinski definition) is 2. The monoisotopic (exact) mass is 255 g/mol. The number of benzene rings is 1. The largest absolute Gasteiger partial charge is 0.352 e. The van der Waals surface area contributed by atoms with Crippen LogP contribution < -0.4 is 0 Å². The Kier molecular flexibility index (Phi) is 2.56. The van der Waals surface area contributed by atoms with Crippen LogP contribution in [-0.4, -0.2) is 10.8 Å². The number of fused-ring (bicyclic) bond motifs is 1. The van der Waals surface area contributed by atoms with Gasteiger partial charge in [0.25, 0.3) is 0 Å². The van der Waals surface area contributed by atoms with Crippen molar-refractivity contribution in [2.45, 2.75) is 13.8 Å². The normalized spacial score (nSPS) is 11.0. The van der Waals surface area contributed by atoms with Crippen LogP contribution in [0.5, 0.6) is 0 Å². The highest BCUT2D eigenvalue weighted by molar-refractivity contribution is 7.17. The zero-order chi connectivity index (χ0) is 12.7. The van der Waals surface area contributed by atoms with E-state index in [9.17, 15) is 4.79 Å². The maximum Gasteiger partial charge on any atom is 0.195 e. The molecule has 0 saturated heterocycles. The second kappa shape index (κ2) is 4.10. The molecule has 0 fully saturated rings. The van der Waals surface area contributed by atoms with Crippen molar-refractivity contribution in [3.63, 3.8) is 0 Å². The summed E-state index contributed by atoms with van der Waals surface area (Å²) in [5.41, 5.74) is 3.84. The van der Waals surface area contributed by atoms with Gasteiger partial charge in [-0.25, -0.2) is 0 Å². The van der Waals surface area contributed by atoms with Crippen LogP contribution in [0.1, 0.15) is 27.0 Å². The Bertz CT molecular complexity index is 719. The van der Waals surface area contributed by atoms with Crippen molar-refractivity contribution in [2.75, 3.05) is 0 Å². The molecule has 2 aromatic heterocycles. The summed E-state index contributed by atoms with van der Waals surface area (Å²) in [6, 6.07) is 7.71. The van der Waals surface area contributed by atoms with Gasteiger partial charge in [-0.05, 0) is 24.8 Å². The van der Waals surface area contributed by atoms with Crippen molar-refractivity contribution < 1.29 is 4.79 Å². The summed E-state index contributed by atoms with van der Waals surface area (Å²) in [5.74, 6) is 0.0859. The molecule has 1 aromatic carbocycles. The number of aryl methyl sites for hydroxylation is 2. The van der Waals surface area contributed by atoms with Gasteiger partial charge in [0.05, 0.1) is 0 Å². The highest BCUT2D eigenvalue weighted by Gasteiger charge is 2.16. The molecule has 90 valence electrons. The summed E-state index contributed by atoms with van der Waals surface area (Å²) < 4.78 is 0. The molecule has 0 unspecified atom stereocenters. The molecule has 18 heavy (non-hydrogen) atoms. The Morgan fingerprint density at radius 3 is 2.61 bits per heavy atom. The summed E-state index contributed by atoms with van der Waals surface area (Å²) in [6.07, 6.45) is 1.82. The number of carbonyl (C=O) groups excluding carboxylic acids is 1. The predicted molar refractivity (Wildman–Crippen MR) is 75.5 cm³/mol. The van der Waals surface area contributed by atoms with Crippen molar-refractivity contribution in [3.05, 3.63) is 58.1 Å². The van der Waals surface area contributed by atoms with Crippen molar-refractivity contribution >= 4 is 27.3 Å². The van der Waals surface area contributed by atoms with Gasteiger partial charge in [-0.3, -0.25) is 4.79 Å². The molecule has 0 saturated carbocycles. The molecule has 3 aromatic rings. The lowest BCUT2D eigenvalue weighted by molar-refractivity contribution is 0.104. The van der Waals surface area contributed by atoms with Gasteiger partial charge in [-0.15, -0.1) is 11.3 Å². The number of aromatic amines is 1. The fourth-order valence-electron chi connectivity index (χ4n) is 2.13. The van der Waals surface area contributed by atoms with Gasteiger partial charge in [0.1, 0.15) is 4.83 Å². The minimum absolute atomic E-state index is 0.0859. The molecule has 0 atom stereocenters. The summed E-state index contributed by atoms with van der Waals surface area (Å²) in [5, 5.41) is 3.14. The fraction of sp³-hybridized carbons (Fsp3) is 0.133. The molecule has 3 rings (SSSR count). The van der Waals surface area contributed by atoms with Crippen LogP contribution >= 0.6 is 11.3 Å². The minimum atomic E-state index is 0.0859. The Morgan fingerprint density at radius 2 is 1.89 bits per heavy atom. The van der Waals surface area contributed by atoms with E-state index in [4.69, 9.17) is 0 Å². The average Bonchev–Trinajstić information content (AvgIpc) is 2.93. The molecule has 0 radical (unpaired) electrons. The summed E-state index contributed by atoms with van der Waals surface area (Å²) in [4.78, 5) is 16.7. The molecule has 2 heterocycles. The lowest BCUT2D eigenvalue weighted by atomic mass is 10.0. The Labute approximate surface area is 109 Å². The van der Waals surface area contributed by atoms with Crippen LogP contribution in [0.25, 0.3) is 10.2 Å². The SMILES string of the molecule is Cc1ccc(C(=O)c2c[nH]c3scc(C)c23)cc1. The van der Waals surface area contributed by atoms with Gasteiger partial charge in [0, 0.05) is 22.7 Å². The average molecular weight is 255 g/mol.